The molecule has 0 N–H and O–H groups in total. The molecular weight excluding hydrogens is 312 g/mol. The third-order valence-electron chi connectivity index (χ3n) is 4.51. The van der Waals surface area contributed by atoms with Crippen LogP contribution in [0, 0.1) is 6.92 Å². The standard InChI is InChI=1S/C20H24N4O/c1-4-16-9-10-17(21-13-16)14-23(3)20(25)11-12-24-15(2)22-18-7-5-6-8-19(18)24/h5-10,13H,4,11-12,14H2,1-3H3. The first-order valence-corrected chi connectivity index (χ1v) is 8.68. The number of hydrogen-bond donors (Lipinski definition) is 0. The molecule has 0 aliphatic heterocycles. The Morgan fingerprint density at radius 3 is 2.72 bits per heavy atom. The van der Waals surface area contributed by atoms with Crippen molar-refractivity contribution in [2.45, 2.75) is 39.8 Å². The summed E-state index contributed by atoms with van der Waals surface area (Å²) in [6.07, 6.45) is 3.31. The number of amides is 1. The highest BCUT2D eigenvalue weighted by Crippen LogP contribution is 2.16. The van der Waals surface area contributed by atoms with Crippen LogP contribution in [-0.2, 0) is 24.3 Å². The van der Waals surface area contributed by atoms with Gasteiger partial charge in [-0.3, -0.25) is 9.78 Å². The molecule has 3 rings (SSSR count). The van der Waals surface area contributed by atoms with Gasteiger partial charge in [-0.25, -0.2) is 4.98 Å². The van der Waals surface area contributed by atoms with Crippen LogP contribution in [0.15, 0.2) is 42.6 Å². The van der Waals surface area contributed by atoms with Gasteiger partial charge in [0, 0.05) is 26.2 Å². The molecule has 1 amide bonds. The molecule has 1 aromatic carbocycles. The Kier molecular flexibility index (Phi) is 5.12. The van der Waals surface area contributed by atoms with Crippen LogP contribution >= 0.6 is 0 Å². The van der Waals surface area contributed by atoms with Gasteiger partial charge >= 0.3 is 0 Å². The molecule has 0 unspecified atom stereocenters. The number of para-hydroxylation sites is 2. The van der Waals surface area contributed by atoms with Crippen LogP contribution < -0.4 is 0 Å². The fourth-order valence-electron chi connectivity index (χ4n) is 2.97. The number of carbonyl (C=O) groups excluding carboxylic acids is 1. The summed E-state index contributed by atoms with van der Waals surface area (Å²) in [6, 6.07) is 12.1. The Labute approximate surface area is 148 Å². The number of fused-ring (bicyclic) bond motifs is 1. The van der Waals surface area contributed by atoms with E-state index in [2.05, 4.69) is 27.5 Å². The Hall–Kier alpha value is -2.69. The second-order valence-electron chi connectivity index (χ2n) is 6.31. The molecule has 25 heavy (non-hydrogen) atoms. The van der Waals surface area contributed by atoms with Gasteiger partial charge in [-0.2, -0.15) is 0 Å². The third kappa shape index (κ3) is 3.87. The molecule has 0 fully saturated rings. The summed E-state index contributed by atoms with van der Waals surface area (Å²) in [5.41, 5.74) is 4.17. The number of hydrogen-bond acceptors (Lipinski definition) is 3. The predicted octanol–water partition coefficient (Wildman–Crippen LogP) is 3.35. The van der Waals surface area contributed by atoms with Crippen molar-refractivity contribution in [2.75, 3.05) is 7.05 Å². The minimum Gasteiger partial charge on any atom is -0.340 e. The van der Waals surface area contributed by atoms with Gasteiger partial charge in [-0.15, -0.1) is 0 Å². The lowest BCUT2D eigenvalue weighted by atomic mass is 10.2. The molecule has 0 saturated heterocycles. The number of carbonyl (C=O) groups is 1. The average Bonchev–Trinajstić information content (AvgIpc) is 2.95. The normalized spacial score (nSPS) is 11.0. The Morgan fingerprint density at radius 1 is 1.20 bits per heavy atom. The minimum absolute atomic E-state index is 0.110. The van der Waals surface area contributed by atoms with E-state index in [1.807, 2.05) is 50.5 Å². The highest BCUT2D eigenvalue weighted by Gasteiger charge is 2.12. The molecule has 0 aliphatic carbocycles. The number of imidazole rings is 1. The Bertz CT molecular complexity index is 867. The van der Waals surface area contributed by atoms with Crippen LogP contribution in [0.2, 0.25) is 0 Å². The lowest BCUT2D eigenvalue weighted by Gasteiger charge is -2.17. The van der Waals surface area contributed by atoms with Crippen molar-refractivity contribution < 1.29 is 4.79 Å². The molecule has 0 saturated carbocycles. The molecule has 5 nitrogen and oxygen atoms in total. The van der Waals surface area contributed by atoms with Crippen LogP contribution in [-0.4, -0.2) is 32.4 Å². The van der Waals surface area contributed by atoms with Crippen molar-refractivity contribution in [1.29, 1.82) is 0 Å². The number of aryl methyl sites for hydroxylation is 3. The number of pyridine rings is 1. The maximum absolute atomic E-state index is 12.5. The highest BCUT2D eigenvalue weighted by atomic mass is 16.2. The van der Waals surface area contributed by atoms with Crippen molar-refractivity contribution in [1.82, 2.24) is 19.4 Å². The molecule has 0 aliphatic rings. The fraction of sp³-hybridized carbons (Fsp3) is 0.350. The molecule has 2 heterocycles. The molecule has 0 spiro atoms. The fourth-order valence-corrected chi connectivity index (χ4v) is 2.97. The van der Waals surface area contributed by atoms with Gasteiger partial charge in [-0.05, 0) is 37.1 Å². The summed E-state index contributed by atoms with van der Waals surface area (Å²) >= 11 is 0. The lowest BCUT2D eigenvalue weighted by Crippen LogP contribution is -2.27. The topological polar surface area (TPSA) is 51.0 Å². The number of nitrogens with zero attached hydrogens (tertiary/aromatic N) is 4. The van der Waals surface area contributed by atoms with Crippen molar-refractivity contribution in [3.63, 3.8) is 0 Å². The first kappa shape index (κ1) is 17.1. The van der Waals surface area contributed by atoms with Gasteiger partial charge in [0.2, 0.25) is 5.91 Å². The average molecular weight is 336 g/mol. The van der Waals surface area contributed by atoms with Gasteiger partial charge in [-0.1, -0.05) is 25.1 Å². The second-order valence-corrected chi connectivity index (χ2v) is 6.31. The van der Waals surface area contributed by atoms with Gasteiger partial charge < -0.3 is 9.47 Å². The van der Waals surface area contributed by atoms with Crippen LogP contribution in [0.4, 0.5) is 0 Å². The predicted molar refractivity (Wildman–Crippen MR) is 99.2 cm³/mol. The van der Waals surface area contributed by atoms with E-state index in [1.165, 1.54) is 5.56 Å². The highest BCUT2D eigenvalue weighted by molar-refractivity contribution is 5.78. The van der Waals surface area contributed by atoms with E-state index in [0.29, 0.717) is 19.5 Å². The van der Waals surface area contributed by atoms with Gasteiger partial charge in [0.1, 0.15) is 5.82 Å². The van der Waals surface area contributed by atoms with Crippen LogP contribution in [0.25, 0.3) is 11.0 Å². The van der Waals surface area contributed by atoms with Gasteiger partial charge in [0.15, 0.2) is 0 Å². The molecule has 2 aromatic heterocycles. The van der Waals surface area contributed by atoms with E-state index < -0.39 is 0 Å². The zero-order valence-corrected chi connectivity index (χ0v) is 15.1. The van der Waals surface area contributed by atoms with E-state index in [4.69, 9.17) is 0 Å². The van der Waals surface area contributed by atoms with Crippen molar-refractivity contribution >= 4 is 16.9 Å². The number of aromatic nitrogens is 3. The smallest absolute Gasteiger partial charge is 0.224 e. The second kappa shape index (κ2) is 7.47. The molecule has 0 atom stereocenters. The van der Waals surface area contributed by atoms with Crippen LogP contribution in [0.3, 0.4) is 0 Å². The van der Waals surface area contributed by atoms with E-state index in [-0.39, 0.29) is 5.91 Å². The number of benzene rings is 1. The molecule has 5 heteroatoms. The van der Waals surface area contributed by atoms with Crippen LogP contribution in [0.5, 0.6) is 0 Å². The molecular formula is C20H24N4O. The van der Waals surface area contributed by atoms with Gasteiger partial charge in [0.25, 0.3) is 0 Å². The molecule has 0 radical (unpaired) electrons. The quantitative estimate of drug-likeness (QED) is 0.693. The largest absolute Gasteiger partial charge is 0.340 e. The minimum atomic E-state index is 0.110. The SMILES string of the molecule is CCc1ccc(CN(C)C(=O)CCn2c(C)nc3ccccc32)nc1. The summed E-state index contributed by atoms with van der Waals surface area (Å²) in [5, 5.41) is 0. The summed E-state index contributed by atoms with van der Waals surface area (Å²) in [5.74, 6) is 1.05. The van der Waals surface area contributed by atoms with E-state index in [9.17, 15) is 4.79 Å². The first-order chi connectivity index (χ1) is 12.1. The Balaban J connectivity index is 1.62. The summed E-state index contributed by atoms with van der Waals surface area (Å²) in [4.78, 5) is 23.2. The summed E-state index contributed by atoms with van der Waals surface area (Å²) in [6.45, 7) is 5.26. The van der Waals surface area contributed by atoms with Crippen molar-refractivity contribution in [3.8, 4) is 0 Å². The lowest BCUT2D eigenvalue weighted by molar-refractivity contribution is -0.130. The third-order valence-corrected chi connectivity index (χ3v) is 4.51. The molecule has 3 aromatic rings. The van der Waals surface area contributed by atoms with Crippen molar-refractivity contribution in [2.24, 2.45) is 0 Å². The summed E-state index contributed by atoms with van der Waals surface area (Å²) in [7, 11) is 1.83. The van der Waals surface area contributed by atoms with E-state index in [0.717, 1.165) is 29.0 Å². The molecule has 130 valence electrons. The summed E-state index contributed by atoms with van der Waals surface area (Å²) < 4.78 is 2.11. The van der Waals surface area contributed by atoms with E-state index >= 15 is 0 Å². The monoisotopic (exact) mass is 336 g/mol. The maximum Gasteiger partial charge on any atom is 0.224 e. The van der Waals surface area contributed by atoms with Crippen LogP contribution in [0.1, 0.15) is 30.4 Å². The first-order valence-electron chi connectivity index (χ1n) is 8.68. The van der Waals surface area contributed by atoms with Crippen molar-refractivity contribution in [3.05, 3.63) is 59.7 Å². The van der Waals surface area contributed by atoms with Gasteiger partial charge in [0.05, 0.1) is 23.3 Å². The molecule has 0 bridgehead atoms. The zero-order valence-electron chi connectivity index (χ0n) is 15.1. The maximum atomic E-state index is 12.5. The Morgan fingerprint density at radius 2 is 2.00 bits per heavy atom. The number of rotatable bonds is 6. The van der Waals surface area contributed by atoms with E-state index in [1.54, 1.807) is 4.90 Å². The zero-order chi connectivity index (χ0) is 17.8.